The minimum absolute atomic E-state index is 0.108. The molecule has 0 rings (SSSR count). The zero-order valence-corrected chi connectivity index (χ0v) is 67.0. The van der Waals surface area contributed by atoms with Crippen LogP contribution >= 0.6 is 15.6 Å². The van der Waals surface area contributed by atoms with Crippen LogP contribution in [0.3, 0.4) is 0 Å². The van der Waals surface area contributed by atoms with E-state index in [4.69, 9.17) is 37.0 Å². The highest BCUT2D eigenvalue weighted by Crippen LogP contribution is 2.45. The Balaban J connectivity index is 5.17. The molecule has 594 valence electrons. The zero-order valence-electron chi connectivity index (χ0n) is 65.2. The Morgan fingerprint density at radius 2 is 0.400 bits per heavy atom. The number of carbonyl (C=O) groups is 4. The van der Waals surface area contributed by atoms with Crippen LogP contribution in [0.4, 0.5) is 0 Å². The Labute approximate surface area is 613 Å². The Kier molecular flexibility index (Phi) is 73.8. The van der Waals surface area contributed by atoms with Crippen molar-refractivity contribution in [1.29, 1.82) is 0 Å². The van der Waals surface area contributed by atoms with E-state index in [1.807, 2.05) is 0 Å². The summed E-state index contributed by atoms with van der Waals surface area (Å²) < 4.78 is 68.6. The lowest BCUT2D eigenvalue weighted by molar-refractivity contribution is -0.161. The largest absolute Gasteiger partial charge is 0.472 e. The standard InChI is InChI=1S/C81H158O17P2/c1-5-9-13-17-21-24-27-30-33-35-37-39-42-44-47-50-54-58-62-66-79(84)92-72-77(98-81(86)68-64-60-56-52-49-46-43-40-38-36-34-31-28-25-22-18-14-10-6-2)74-96-100(89,90)94-70-75(82)69-93-99(87,88)95-73-76(71-91-78(83)65-61-57-53-20-16-12-8-4)97-80(85)67-63-59-55-51-48-45-41-32-29-26-23-19-15-11-7-3/h75-77,82H,5-74H2,1-4H3,(H,87,88)(H,89,90)/t75-,76+,77+/m0/s1. The molecule has 3 N–H and O–H groups in total. The second-order valence-corrected chi connectivity index (χ2v) is 32.1. The van der Waals surface area contributed by atoms with Crippen LogP contribution < -0.4 is 0 Å². The lowest BCUT2D eigenvalue weighted by Crippen LogP contribution is -2.30. The number of hydrogen-bond donors (Lipinski definition) is 3. The van der Waals surface area contributed by atoms with Crippen molar-refractivity contribution in [1.82, 2.24) is 0 Å². The third kappa shape index (κ3) is 74.3. The summed E-state index contributed by atoms with van der Waals surface area (Å²) in [5.41, 5.74) is 0. The molecule has 0 aliphatic heterocycles. The van der Waals surface area contributed by atoms with E-state index in [1.54, 1.807) is 0 Å². The van der Waals surface area contributed by atoms with Crippen molar-refractivity contribution in [2.75, 3.05) is 39.6 Å². The molecule has 0 saturated carbocycles. The van der Waals surface area contributed by atoms with Crippen LogP contribution in [0.2, 0.25) is 0 Å². The summed E-state index contributed by atoms with van der Waals surface area (Å²) >= 11 is 0. The van der Waals surface area contributed by atoms with Gasteiger partial charge < -0.3 is 33.8 Å². The average molecular weight is 1470 g/mol. The van der Waals surface area contributed by atoms with Crippen molar-refractivity contribution in [2.45, 2.75) is 457 Å². The quantitative estimate of drug-likeness (QED) is 0.0222. The number of carbonyl (C=O) groups excluding carboxylic acids is 4. The molecule has 19 heteroatoms. The first-order valence-corrected chi connectivity index (χ1v) is 45.3. The van der Waals surface area contributed by atoms with Gasteiger partial charge in [-0.3, -0.25) is 37.3 Å². The van der Waals surface area contributed by atoms with Gasteiger partial charge in [-0.05, 0) is 25.7 Å². The van der Waals surface area contributed by atoms with Crippen molar-refractivity contribution in [3.8, 4) is 0 Å². The van der Waals surface area contributed by atoms with Gasteiger partial charge in [0.15, 0.2) is 12.2 Å². The second-order valence-electron chi connectivity index (χ2n) is 29.2. The first-order valence-electron chi connectivity index (χ1n) is 42.3. The molecule has 0 radical (unpaired) electrons. The summed E-state index contributed by atoms with van der Waals surface area (Å²) in [5.74, 6) is -2.11. The zero-order chi connectivity index (χ0) is 73.2. The Hall–Kier alpha value is -1.94. The first-order chi connectivity index (χ1) is 48.7. The van der Waals surface area contributed by atoms with Gasteiger partial charge in [-0.2, -0.15) is 0 Å². The molecule has 0 spiro atoms. The van der Waals surface area contributed by atoms with Gasteiger partial charge in [-0.15, -0.1) is 0 Å². The second kappa shape index (κ2) is 75.3. The number of aliphatic hydroxyl groups excluding tert-OH is 1. The van der Waals surface area contributed by atoms with E-state index in [2.05, 4.69) is 27.7 Å². The van der Waals surface area contributed by atoms with Crippen LogP contribution in [0.5, 0.6) is 0 Å². The van der Waals surface area contributed by atoms with Crippen LogP contribution in [-0.4, -0.2) is 96.7 Å². The predicted octanol–water partition coefficient (Wildman–Crippen LogP) is 24.6. The fourth-order valence-electron chi connectivity index (χ4n) is 12.6. The molecule has 0 bridgehead atoms. The normalized spacial score (nSPS) is 13.8. The molecule has 0 fully saturated rings. The minimum atomic E-state index is -4.96. The molecule has 2 unspecified atom stereocenters. The van der Waals surface area contributed by atoms with Crippen LogP contribution in [0.15, 0.2) is 0 Å². The molecular formula is C81H158O17P2. The summed E-state index contributed by atoms with van der Waals surface area (Å²) in [4.78, 5) is 72.9. The molecule has 100 heavy (non-hydrogen) atoms. The maximum absolute atomic E-state index is 13.1. The lowest BCUT2D eigenvalue weighted by Gasteiger charge is -2.21. The van der Waals surface area contributed by atoms with Crippen LogP contribution in [-0.2, 0) is 65.4 Å². The van der Waals surface area contributed by atoms with Crippen molar-refractivity contribution in [3.05, 3.63) is 0 Å². The van der Waals surface area contributed by atoms with Gasteiger partial charge in [0.25, 0.3) is 0 Å². The maximum atomic E-state index is 13.1. The monoisotopic (exact) mass is 1470 g/mol. The van der Waals surface area contributed by atoms with Crippen LogP contribution in [0.25, 0.3) is 0 Å². The molecule has 0 amide bonds. The molecule has 0 aliphatic carbocycles. The summed E-state index contributed by atoms with van der Waals surface area (Å²) in [6.07, 6.45) is 68.2. The third-order valence-electron chi connectivity index (χ3n) is 19.1. The summed E-state index contributed by atoms with van der Waals surface area (Å²) in [5, 5.41) is 10.6. The summed E-state index contributed by atoms with van der Waals surface area (Å²) in [6.45, 7) is 4.99. The molecule has 5 atom stereocenters. The fraction of sp³-hybridized carbons (Fsp3) is 0.951. The molecular weight excluding hydrogens is 1310 g/mol. The van der Waals surface area contributed by atoms with E-state index < -0.39 is 97.5 Å². The average Bonchev–Trinajstić information content (AvgIpc) is 1.20. The van der Waals surface area contributed by atoms with E-state index in [-0.39, 0.29) is 25.7 Å². The highest BCUT2D eigenvalue weighted by atomic mass is 31.2. The number of phosphoric ester groups is 2. The minimum Gasteiger partial charge on any atom is -0.462 e. The number of unbranched alkanes of at least 4 members (excludes halogenated alkanes) is 56. The molecule has 0 aromatic heterocycles. The molecule has 17 nitrogen and oxygen atoms in total. The van der Waals surface area contributed by atoms with Crippen molar-refractivity contribution in [2.24, 2.45) is 0 Å². The van der Waals surface area contributed by atoms with Crippen LogP contribution in [0, 0.1) is 0 Å². The number of phosphoric acid groups is 2. The molecule has 0 heterocycles. The summed E-state index contributed by atoms with van der Waals surface area (Å²) in [6, 6.07) is 0. The van der Waals surface area contributed by atoms with Gasteiger partial charge in [-0.1, -0.05) is 387 Å². The number of aliphatic hydroxyl groups is 1. The molecule has 0 aliphatic rings. The maximum Gasteiger partial charge on any atom is 0.472 e. The van der Waals surface area contributed by atoms with Crippen molar-refractivity contribution < 1.29 is 80.2 Å². The highest BCUT2D eigenvalue weighted by molar-refractivity contribution is 7.47. The molecule has 0 saturated heterocycles. The molecule has 0 aromatic rings. The van der Waals surface area contributed by atoms with Crippen molar-refractivity contribution in [3.63, 3.8) is 0 Å². The Bertz CT molecular complexity index is 1890. The number of rotatable bonds is 82. The Morgan fingerprint density at radius 1 is 0.240 bits per heavy atom. The van der Waals surface area contributed by atoms with E-state index in [1.165, 1.54) is 257 Å². The smallest absolute Gasteiger partial charge is 0.462 e. The van der Waals surface area contributed by atoms with Gasteiger partial charge in [0, 0.05) is 25.7 Å². The third-order valence-corrected chi connectivity index (χ3v) is 21.0. The van der Waals surface area contributed by atoms with E-state index in [0.29, 0.717) is 25.7 Å². The van der Waals surface area contributed by atoms with E-state index in [0.717, 1.165) is 103 Å². The fourth-order valence-corrected chi connectivity index (χ4v) is 14.2. The van der Waals surface area contributed by atoms with Crippen molar-refractivity contribution >= 4 is 39.5 Å². The number of esters is 4. The van der Waals surface area contributed by atoms with E-state index >= 15 is 0 Å². The predicted molar refractivity (Wildman–Crippen MR) is 409 cm³/mol. The first kappa shape index (κ1) is 98.1. The number of ether oxygens (including phenoxy) is 4. The Morgan fingerprint density at radius 3 is 0.590 bits per heavy atom. The van der Waals surface area contributed by atoms with Gasteiger partial charge in [0.1, 0.15) is 19.3 Å². The number of hydrogen-bond acceptors (Lipinski definition) is 15. The SMILES string of the molecule is CCCCCCCCCCCCCCCCCCCCCC(=O)OC[C@H](COP(=O)(O)OC[C@@H](O)COP(=O)(O)OC[C@@H](COC(=O)CCCCCCCCC)OC(=O)CCCCCCCCCCCCCCCCC)OC(=O)CCCCCCCCCCCCCCCCCCCCC. The van der Waals surface area contributed by atoms with Gasteiger partial charge in [0.05, 0.1) is 26.4 Å². The van der Waals surface area contributed by atoms with Gasteiger partial charge in [0.2, 0.25) is 0 Å². The molecule has 0 aromatic carbocycles. The van der Waals surface area contributed by atoms with E-state index in [9.17, 15) is 43.2 Å². The summed E-state index contributed by atoms with van der Waals surface area (Å²) in [7, 11) is -9.91. The lowest BCUT2D eigenvalue weighted by atomic mass is 10.0. The topological polar surface area (TPSA) is 237 Å². The highest BCUT2D eigenvalue weighted by Gasteiger charge is 2.30. The van der Waals surface area contributed by atoms with Crippen LogP contribution in [0.1, 0.15) is 439 Å². The van der Waals surface area contributed by atoms with Gasteiger partial charge >= 0.3 is 39.5 Å². The van der Waals surface area contributed by atoms with Gasteiger partial charge in [-0.25, -0.2) is 9.13 Å².